The van der Waals surface area contributed by atoms with Crippen molar-refractivity contribution in [2.45, 2.75) is 47.9 Å². The predicted molar refractivity (Wildman–Crippen MR) is 80.5 cm³/mol. The number of nitrogen functional groups attached to an aromatic ring is 1. The summed E-state index contributed by atoms with van der Waals surface area (Å²) in [6.45, 7) is 0.729. The monoisotopic (exact) mass is 343 g/mol. The highest BCUT2D eigenvalue weighted by atomic mass is 79.9. The summed E-state index contributed by atoms with van der Waals surface area (Å²) in [4.78, 5) is 0.768. The van der Waals surface area contributed by atoms with Gasteiger partial charge in [-0.3, -0.25) is 4.21 Å². The molecule has 0 amide bonds. The minimum atomic E-state index is -1.03. The zero-order valence-corrected chi connectivity index (χ0v) is 13.1. The Balaban J connectivity index is 1.79. The van der Waals surface area contributed by atoms with E-state index in [0.29, 0.717) is 5.69 Å². The molecule has 1 aliphatic carbocycles. The molecule has 104 valence electrons. The van der Waals surface area contributed by atoms with Crippen LogP contribution in [0.4, 0.5) is 5.69 Å². The van der Waals surface area contributed by atoms with Crippen molar-refractivity contribution in [3.05, 3.63) is 22.7 Å². The average Bonchev–Trinajstić information content (AvgIpc) is 2.36. The summed E-state index contributed by atoms with van der Waals surface area (Å²) < 4.78 is 19.5. The number of ether oxygens (including phenoxy) is 1. The smallest absolute Gasteiger partial charge is 0.0694 e. The third-order valence-corrected chi connectivity index (χ3v) is 6.51. The normalized spacial score (nSPS) is 26.9. The van der Waals surface area contributed by atoms with E-state index in [1.54, 1.807) is 0 Å². The fourth-order valence-corrected chi connectivity index (χ4v) is 4.96. The van der Waals surface area contributed by atoms with Crippen LogP contribution in [0, 0.1) is 0 Å². The van der Waals surface area contributed by atoms with E-state index in [2.05, 4.69) is 15.9 Å². The van der Waals surface area contributed by atoms with E-state index >= 15 is 0 Å². The van der Waals surface area contributed by atoms with Crippen LogP contribution in [0.1, 0.15) is 32.1 Å². The van der Waals surface area contributed by atoms with Crippen molar-refractivity contribution in [1.82, 2.24) is 0 Å². The molecule has 0 bridgehead atoms. The van der Waals surface area contributed by atoms with E-state index in [-0.39, 0.29) is 10.9 Å². The van der Waals surface area contributed by atoms with Gasteiger partial charge in [0.2, 0.25) is 0 Å². The Morgan fingerprint density at radius 1 is 1.42 bits per heavy atom. The van der Waals surface area contributed by atoms with Crippen molar-refractivity contribution in [2.75, 3.05) is 12.3 Å². The van der Waals surface area contributed by atoms with Crippen molar-refractivity contribution in [3.8, 4) is 0 Å². The second-order valence-electron chi connectivity index (χ2n) is 5.48. The summed E-state index contributed by atoms with van der Waals surface area (Å²) in [6, 6.07) is 5.60. The van der Waals surface area contributed by atoms with E-state index < -0.39 is 10.8 Å². The van der Waals surface area contributed by atoms with Gasteiger partial charge >= 0.3 is 0 Å². The van der Waals surface area contributed by atoms with Crippen LogP contribution in [0.15, 0.2) is 27.6 Å². The lowest BCUT2D eigenvalue weighted by molar-refractivity contribution is -0.125. The van der Waals surface area contributed by atoms with Crippen LogP contribution >= 0.6 is 15.9 Å². The van der Waals surface area contributed by atoms with Crippen molar-refractivity contribution < 1.29 is 8.95 Å². The Labute approximate surface area is 124 Å². The Morgan fingerprint density at radius 3 is 2.84 bits per heavy atom. The number of nitrogens with two attached hydrogens (primary N) is 1. The Kier molecular flexibility index (Phi) is 3.71. The van der Waals surface area contributed by atoms with Crippen LogP contribution in [0.2, 0.25) is 0 Å². The molecular formula is C14H18BrNO2S. The van der Waals surface area contributed by atoms with Gasteiger partial charge in [-0.05, 0) is 50.3 Å². The molecule has 0 radical (unpaired) electrons. The lowest BCUT2D eigenvalue weighted by Crippen LogP contribution is -2.48. The molecule has 5 heteroatoms. The topological polar surface area (TPSA) is 52.3 Å². The highest BCUT2D eigenvalue weighted by molar-refractivity contribution is 9.10. The van der Waals surface area contributed by atoms with Gasteiger partial charge in [0.1, 0.15) is 0 Å². The first kappa shape index (κ1) is 13.6. The van der Waals surface area contributed by atoms with Crippen molar-refractivity contribution >= 4 is 32.4 Å². The largest absolute Gasteiger partial charge is 0.398 e. The molecule has 1 saturated heterocycles. The fourth-order valence-electron chi connectivity index (χ4n) is 2.97. The third-order valence-electron chi connectivity index (χ3n) is 4.20. The van der Waals surface area contributed by atoms with Gasteiger partial charge in [-0.15, -0.1) is 0 Å². The van der Waals surface area contributed by atoms with Gasteiger partial charge in [0.15, 0.2) is 0 Å². The van der Waals surface area contributed by atoms with Crippen LogP contribution < -0.4 is 5.73 Å². The van der Waals surface area contributed by atoms with Gasteiger partial charge in [0.05, 0.1) is 21.3 Å². The van der Waals surface area contributed by atoms with E-state index in [4.69, 9.17) is 10.5 Å². The number of hydrogen-bond acceptors (Lipinski definition) is 3. The van der Waals surface area contributed by atoms with Crippen LogP contribution in [-0.2, 0) is 15.5 Å². The maximum absolute atomic E-state index is 12.7. The molecule has 1 heterocycles. The van der Waals surface area contributed by atoms with Gasteiger partial charge in [-0.25, -0.2) is 0 Å². The maximum atomic E-state index is 12.7. The Hall–Kier alpha value is -0.390. The van der Waals surface area contributed by atoms with Crippen LogP contribution in [0.5, 0.6) is 0 Å². The quantitative estimate of drug-likeness (QED) is 0.838. The molecule has 1 aromatic rings. The van der Waals surface area contributed by atoms with E-state index in [0.717, 1.165) is 41.7 Å². The molecule has 3 nitrogen and oxygen atoms in total. The average molecular weight is 344 g/mol. The van der Waals surface area contributed by atoms with Gasteiger partial charge in [0.25, 0.3) is 0 Å². The molecular weight excluding hydrogens is 326 g/mol. The second kappa shape index (κ2) is 5.19. The first-order valence-corrected chi connectivity index (χ1v) is 8.70. The molecule has 1 saturated carbocycles. The molecule has 2 N–H and O–H groups in total. The molecule has 19 heavy (non-hydrogen) atoms. The molecule has 3 rings (SSSR count). The van der Waals surface area contributed by atoms with E-state index in [9.17, 15) is 4.21 Å². The predicted octanol–water partition coefficient (Wildman–Crippen LogP) is 3.24. The number of halogens is 1. The minimum Gasteiger partial charge on any atom is -0.398 e. The summed E-state index contributed by atoms with van der Waals surface area (Å²) in [5, 5.41) is 0.178. The zero-order valence-electron chi connectivity index (χ0n) is 10.7. The van der Waals surface area contributed by atoms with E-state index in [1.807, 2.05) is 18.2 Å². The molecule has 2 atom stereocenters. The molecule has 1 aliphatic heterocycles. The lowest BCUT2D eigenvalue weighted by Gasteiger charge is -2.46. The van der Waals surface area contributed by atoms with Crippen LogP contribution in [0.3, 0.4) is 0 Å². The van der Waals surface area contributed by atoms with Crippen molar-refractivity contribution in [3.63, 3.8) is 0 Å². The standard InChI is InChI=1S/C14H18BrNO2S/c15-10-2-3-13(12(16)8-10)19(17)11-4-7-18-14(9-11)5-1-6-14/h2-3,8,11H,1,4-7,9,16H2. The summed E-state index contributed by atoms with van der Waals surface area (Å²) in [5.41, 5.74) is 6.63. The fraction of sp³-hybridized carbons (Fsp3) is 0.571. The summed E-state index contributed by atoms with van der Waals surface area (Å²) >= 11 is 3.38. The van der Waals surface area contributed by atoms with E-state index in [1.165, 1.54) is 6.42 Å². The molecule has 1 aromatic carbocycles. The number of benzene rings is 1. The number of anilines is 1. The molecule has 2 fully saturated rings. The molecule has 0 aromatic heterocycles. The van der Waals surface area contributed by atoms with Crippen LogP contribution in [-0.4, -0.2) is 21.7 Å². The van der Waals surface area contributed by atoms with Gasteiger partial charge in [-0.1, -0.05) is 15.9 Å². The lowest BCUT2D eigenvalue weighted by atomic mass is 9.75. The first-order valence-electron chi connectivity index (χ1n) is 6.69. The first-order chi connectivity index (χ1) is 9.10. The van der Waals surface area contributed by atoms with Crippen molar-refractivity contribution in [1.29, 1.82) is 0 Å². The third kappa shape index (κ3) is 2.60. The highest BCUT2D eigenvalue weighted by Crippen LogP contribution is 2.44. The SMILES string of the molecule is Nc1cc(Br)ccc1S(=O)C1CCOC2(CCC2)C1. The van der Waals surface area contributed by atoms with Gasteiger partial charge < -0.3 is 10.5 Å². The Bertz CT molecular complexity index is 516. The maximum Gasteiger partial charge on any atom is 0.0694 e. The van der Waals surface area contributed by atoms with Gasteiger partial charge in [0, 0.05) is 22.0 Å². The number of rotatable bonds is 2. The highest BCUT2D eigenvalue weighted by Gasteiger charge is 2.44. The Morgan fingerprint density at radius 2 is 2.21 bits per heavy atom. The summed E-state index contributed by atoms with van der Waals surface area (Å²) in [6.07, 6.45) is 5.26. The molecule has 2 aliphatic rings. The summed E-state index contributed by atoms with van der Waals surface area (Å²) in [5.74, 6) is 0. The van der Waals surface area contributed by atoms with Gasteiger partial charge in [-0.2, -0.15) is 0 Å². The zero-order chi connectivity index (χ0) is 13.5. The second-order valence-corrected chi connectivity index (χ2v) is 8.10. The molecule has 2 unspecified atom stereocenters. The van der Waals surface area contributed by atoms with Crippen LogP contribution in [0.25, 0.3) is 0 Å². The summed E-state index contributed by atoms with van der Waals surface area (Å²) in [7, 11) is -1.03. The minimum absolute atomic E-state index is 0.0305. The molecule has 1 spiro atoms. The number of hydrogen-bond donors (Lipinski definition) is 1. The van der Waals surface area contributed by atoms with Crippen molar-refractivity contribution in [2.24, 2.45) is 0 Å².